The summed E-state index contributed by atoms with van der Waals surface area (Å²) in [6, 6.07) is 5.24. The molecule has 0 saturated carbocycles. The van der Waals surface area contributed by atoms with Crippen molar-refractivity contribution in [3.63, 3.8) is 0 Å². The van der Waals surface area contributed by atoms with Gasteiger partial charge in [-0.1, -0.05) is 46.5 Å². The van der Waals surface area contributed by atoms with E-state index in [0.29, 0.717) is 17.2 Å². The summed E-state index contributed by atoms with van der Waals surface area (Å²) in [4.78, 5) is 4.57. The average molecular weight is 471 g/mol. The second-order valence-electron chi connectivity index (χ2n) is 5.68. The zero-order chi connectivity index (χ0) is 17.2. The van der Waals surface area contributed by atoms with Crippen molar-refractivity contribution in [1.82, 2.24) is 0 Å². The maximum absolute atomic E-state index is 12.9. The highest BCUT2D eigenvalue weighted by Crippen LogP contribution is 2.37. The van der Waals surface area contributed by atoms with E-state index < -0.39 is 11.7 Å². The molecule has 0 amide bonds. The number of hydrogen-bond donors (Lipinski definition) is 0. The molecule has 2 aliphatic heterocycles. The van der Waals surface area contributed by atoms with Gasteiger partial charge in [0.2, 0.25) is 0 Å². The summed E-state index contributed by atoms with van der Waals surface area (Å²) in [5.41, 5.74) is -0.142. The SMILES string of the molecule is FC(F)(F)c1cccc(C2=NC(COC3CCCCO3)C(I)S2)c1. The first-order valence-electron chi connectivity index (χ1n) is 7.73. The molecule has 3 nitrogen and oxygen atoms in total. The van der Waals surface area contributed by atoms with Gasteiger partial charge in [0.1, 0.15) is 0 Å². The quantitative estimate of drug-likeness (QED) is 0.464. The molecule has 8 heteroatoms. The van der Waals surface area contributed by atoms with Crippen LogP contribution in [0.15, 0.2) is 29.3 Å². The van der Waals surface area contributed by atoms with Gasteiger partial charge in [0.25, 0.3) is 0 Å². The third-order valence-corrected chi connectivity index (χ3v) is 6.53. The molecule has 0 radical (unpaired) electrons. The smallest absolute Gasteiger partial charge is 0.353 e. The van der Waals surface area contributed by atoms with Crippen molar-refractivity contribution in [2.45, 2.75) is 41.0 Å². The fourth-order valence-corrected chi connectivity index (χ4v) is 4.62. The van der Waals surface area contributed by atoms with Crippen LogP contribution in [0.3, 0.4) is 0 Å². The molecule has 3 unspecified atom stereocenters. The van der Waals surface area contributed by atoms with Crippen LogP contribution in [0.1, 0.15) is 30.4 Å². The Balaban J connectivity index is 1.66. The Kier molecular flexibility index (Phi) is 6.10. The minimum absolute atomic E-state index is 0.0781. The van der Waals surface area contributed by atoms with E-state index in [2.05, 4.69) is 27.6 Å². The molecule has 24 heavy (non-hydrogen) atoms. The number of halogens is 4. The second-order valence-corrected chi connectivity index (χ2v) is 9.00. The molecule has 1 aromatic rings. The number of nitrogens with zero attached hydrogens (tertiary/aromatic N) is 1. The van der Waals surface area contributed by atoms with Crippen LogP contribution < -0.4 is 0 Å². The predicted molar refractivity (Wildman–Crippen MR) is 96.7 cm³/mol. The molecular formula is C16H17F3INO2S. The van der Waals surface area contributed by atoms with Crippen molar-refractivity contribution in [2.75, 3.05) is 13.2 Å². The average Bonchev–Trinajstić information content (AvgIpc) is 2.94. The minimum atomic E-state index is -4.34. The maximum atomic E-state index is 12.9. The standard InChI is InChI=1S/C16H17F3INO2S/c17-16(18,19)11-5-3-4-10(8-11)15-21-12(14(20)24-15)9-23-13-6-1-2-7-22-13/h3-5,8,12-14H,1-2,6-7,9H2. The van der Waals surface area contributed by atoms with Gasteiger partial charge in [0.05, 0.1) is 26.5 Å². The van der Waals surface area contributed by atoms with Crippen LogP contribution in [0.25, 0.3) is 0 Å². The fraction of sp³-hybridized carbons (Fsp3) is 0.562. The van der Waals surface area contributed by atoms with E-state index in [0.717, 1.165) is 38.0 Å². The molecule has 1 saturated heterocycles. The summed E-state index contributed by atoms with van der Waals surface area (Å²) >= 11 is 3.74. The zero-order valence-corrected chi connectivity index (χ0v) is 15.7. The molecule has 0 aliphatic carbocycles. The second kappa shape index (κ2) is 7.92. The lowest BCUT2D eigenvalue weighted by Gasteiger charge is -2.24. The van der Waals surface area contributed by atoms with Crippen molar-refractivity contribution in [3.8, 4) is 0 Å². The summed E-state index contributed by atoms with van der Waals surface area (Å²) < 4.78 is 50.0. The molecule has 2 heterocycles. The fourth-order valence-electron chi connectivity index (χ4n) is 2.56. The normalized spacial score (nSPS) is 28.0. The first-order chi connectivity index (χ1) is 11.4. The molecule has 1 aromatic carbocycles. The highest BCUT2D eigenvalue weighted by atomic mass is 127. The van der Waals surface area contributed by atoms with Crippen LogP contribution in [0, 0.1) is 0 Å². The topological polar surface area (TPSA) is 30.8 Å². The molecule has 0 aromatic heterocycles. The Hall–Kier alpha value is -0.320. The predicted octanol–water partition coefficient (Wildman–Crippen LogP) is 4.87. The lowest BCUT2D eigenvalue weighted by atomic mass is 10.1. The third-order valence-electron chi connectivity index (χ3n) is 3.84. The number of ether oxygens (including phenoxy) is 2. The Morgan fingerprint density at radius 1 is 1.33 bits per heavy atom. The van der Waals surface area contributed by atoms with Gasteiger partial charge in [-0.25, -0.2) is 0 Å². The van der Waals surface area contributed by atoms with Crippen molar-refractivity contribution in [1.29, 1.82) is 0 Å². The molecule has 1 fully saturated rings. The highest BCUT2D eigenvalue weighted by Gasteiger charge is 2.33. The van der Waals surface area contributed by atoms with E-state index in [1.54, 1.807) is 6.07 Å². The van der Waals surface area contributed by atoms with E-state index in [4.69, 9.17) is 9.47 Å². The van der Waals surface area contributed by atoms with Crippen molar-refractivity contribution in [2.24, 2.45) is 4.99 Å². The van der Waals surface area contributed by atoms with Crippen molar-refractivity contribution in [3.05, 3.63) is 35.4 Å². The minimum Gasteiger partial charge on any atom is -0.353 e. The van der Waals surface area contributed by atoms with Gasteiger partial charge < -0.3 is 9.47 Å². The summed E-state index contributed by atoms with van der Waals surface area (Å²) in [7, 11) is 0. The summed E-state index contributed by atoms with van der Waals surface area (Å²) in [5.74, 6) is 0. The molecule has 0 bridgehead atoms. The summed E-state index contributed by atoms with van der Waals surface area (Å²) in [6.07, 6.45) is -1.48. The lowest BCUT2D eigenvalue weighted by molar-refractivity contribution is -0.163. The van der Waals surface area contributed by atoms with Gasteiger partial charge in [-0.3, -0.25) is 4.99 Å². The van der Waals surface area contributed by atoms with Gasteiger partial charge in [-0.05, 0) is 31.4 Å². The number of rotatable bonds is 4. The van der Waals surface area contributed by atoms with Gasteiger partial charge >= 0.3 is 6.18 Å². The summed E-state index contributed by atoms with van der Waals surface area (Å²) in [5, 5.41) is 0.638. The van der Waals surface area contributed by atoms with Crippen molar-refractivity contribution < 1.29 is 22.6 Å². The van der Waals surface area contributed by atoms with Gasteiger partial charge in [-0.2, -0.15) is 13.2 Å². The van der Waals surface area contributed by atoms with Crippen LogP contribution in [0.2, 0.25) is 0 Å². The van der Waals surface area contributed by atoms with Crippen LogP contribution in [-0.2, 0) is 15.7 Å². The van der Waals surface area contributed by atoms with E-state index in [1.165, 1.54) is 17.8 Å². The molecule has 2 aliphatic rings. The Morgan fingerprint density at radius 2 is 2.17 bits per heavy atom. The maximum Gasteiger partial charge on any atom is 0.416 e. The first-order valence-corrected chi connectivity index (χ1v) is 9.85. The molecule has 132 valence electrons. The largest absolute Gasteiger partial charge is 0.416 e. The zero-order valence-electron chi connectivity index (χ0n) is 12.8. The lowest BCUT2D eigenvalue weighted by Crippen LogP contribution is -2.27. The molecule has 3 atom stereocenters. The van der Waals surface area contributed by atoms with Gasteiger partial charge in [0, 0.05) is 12.2 Å². The van der Waals surface area contributed by atoms with Gasteiger partial charge in [0.15, 0.2) is 6.29 Å². The number of aliphatic imine (C=N–C) groups is 1. The van der Waals surface area contributed by atoms with Crippen LogP contribution in [0.5, 0.6) is 0 Å². The van der Waals surface area contributed by atoms with Crippen LogP contribution >= 0.6 is 34.4 Å². The van der Waals surface area contributed by atoms with E-state index in [1.807, 2.05) is 0 Å². The van der Waals surface area contributed by atoms with Crippen molar-refractivity contribution >= 4 is 39.4 Å². The third kappa shape index (κ3) is 4.64. The van der Waals surface area contributed by atoms with E-state index in [-0.39, 0.29) is 15.6 Å². The number of thioether (sulfide) groups is 1. The van der Waals surface area contributed by atoms with E-state index >= 15 is 0 Å². The Morgan fingerprint density at radius 3 is 2.88 bits per heavy atom. The Labute approximate surface area is 156 Å². The van der Waals surface area contributed by atoms with Crippen LogP contribution in [0.4, 0.5) is 13.2 Å². The number of alkyl halides is 4. The number of benzene rings is 1. The Bertz CT molecular complexity index is 605. The molecular weight excluding hydrogens is 454 g/mol. The summed E-state index contributed by atoms with van der Waals surface area (Å²) in [6.45, 7) is 1.14. The van der Waals surface area contributed by atoms with Crippen LogP contribution in [-0.4, -0.2) is 33.8 Å². The molecule has 0 N–H and O–H groups in total. The first kappa shape index (κ1) is 18.5. The van der Waals surface area contributed by atoms with E-state index in [9.17, 15) is 13.2 Å². The number of hydrogen-bond acceptors (Lipinski definition) is 4. The molecule has 0 spiro atoms. The van der Waals surface area contributed by atoms with Gasteiger partial charge in [-0.15, -0.1) is 0 Å². The highest BCUT2D eigenvalue weighted by molar-refractivity contribution is 14.1. The molecule has 3 rings (SSSR count). The monoisotopic (exact) mass is 471 g/mol.